The molecule has 0 fully saturated rings. The van der Waals surface area contributed by atoms with Gasteiger partial charge in [0, 0.05) is 64.6 Å². The van der Waals surface area contributed by atoms with Gasteiger partial charge in [-0.15, -0.1) is 11.3 Å². The molecule has 244 valence electrons. The number of thiophene rings is 1. The van der Waals surface area contributed by atoms with Crippen molar-refractivity contribution in [2.45, 2.75) is 0 Å². The standard InChI is InChI=1S/C47H29N3OS/c1-3-11-30(12-4-1)47-48-41-28-34(22-26-43(41)51-47)49(35-21-25-39-38-16-8-10-18-44(38)52-45(39)29-35)33-20-24-36-31(27-33)19-23-40-37-15-7-9-17-42(37)50(46(36)40)32-13-5-2-6-14-32/h1-29H. The molecule has 11 rings (SSSR count). The minimum Gasteiger partial charge on any atom is -0.436 e. The monoisotopic (exact) mass is 683 g/mol. The van der Waals surface area contributed by atoms with Gasteiger partial charge in [-0.25, -0.2) is 4.98 Å². The average molecular weight is 684 g/mol. The van der Waals surface area contributed by atoms with Crippen LogP contribution in [0.15, 0.2) is 180 Å². The van der Waals surface area contributed by atoms with Crippen LogP contribution >= 0.6 is 11.3 Å². The number of rotatable bonds is 5. The van der Waals surface area contributed by atoms with Crippen molar-refractivity contribution in [3.8, 4) is 17.1 Å². The molecule has 0 bridgehead atoms. The molecule has 0 unspecified atom stereocenters. The zero-order valence-corrected chi connectivity index (χ0v) is 28.7. The van der Waals surface area contributed by atoms with E-state index >= 15 is 0 Å². The van der Waals surface area contributed by atoms with E-state index in [1.54, 1.807) is 0 Å². The van der Waals surface area contributed by atoms with Crippen LogP contribution in [0, 0.1) is 0 Å². The molecule has 0 saturated heterocycles. The number of fused-ring (bicyclic) bond motifs is 9. The van der Waals surface area contributed by atoms with Crippen LogP contribution in [0.2, 0.25) is 0 Å². The normalized spacial score (nSPS) is 11.8. The molecule has 0 aliphatic heterocycles. The first-order chi connectivity index (χ1) is 25.8. The third kappa shape index (κ3) is 4.50. The molecule has 52 heavy (non-hydrogen) atoms. The second kappa shape index (κ2) is 11.4. The second-order valence-electron chi connectivity index (χ2n) is 13.2. The van der Waals surface area contributed by atoms with Gasteiger partial charge in [0.1, 0.15) is 5.52 Å². The van der Waals surface area contributed by atoms with Gasteiger partial charge >= 0.3 is 0 Å². The minimum atomic E-state index is 0.620. The summed E-state index contributed by atoms with van der Waals surface area (Å²) in [6, 6.07) is 62.7. The van der Waals surface area contributed by atoms with E-state index in [2.05, 4.69) is 149 Å². The van der Waals surface area contributed by atoms with Gasteiger partial charge in [0.25, 0.3) is 0 Å². The van der Waals surface area contributed by atoms with Crippen LogP contribution in [-0.2, 0) is 0 Å². The fourth-order valence-electron chi connectivity index (χ4n) is 7.82. The predicted molar refractivity (Wildman–Crippen MR) is 219 cm³/mol. The molecular weight excluding hydrogens is 655 g/mol. The summed E-state index contributed by atoms with van der Waals surface area (Å²) in [7, 11) is 0. The minimum absolute atomic E-state index is 0.620. The maximum Gasteiger partial charge on any atom is 0.227 e. The summed E-state index contributed by atoms with van der Waals surface area (Å²) < 4.78 is 11.2. The van der Waals surface area contributed by atoms with E-state index in [-0.39, 0.29) is 0 Å². The number of oxazole rings is 1. The van der Waals surface area contributed by atoms with Crippen molar-refractivity contribution in [2.75, 3.05) is 4.90 Å². The highest BCUT2D eigenvalue weighted by Crippen LogP contribution is 2.43. The average Bonchev–Trinajstić information content (AvgIpc) is 3.90. The first-order valence-corrected chi connectivity index (χ1v) is 18.3. The van der Waals surface area contributed by atoms with E-state index in [4.69, 9.17) is 9.40 Å². The molecule has 5 heteroatoms. The number of anilines is 3. The van der Waals surface area contributed by atoms with Crippen molar-refractivity contribution in [1.29, 1.82) is 0 Å². The van der Waals surface area contributed by atoms with Crippen molar-refractivity contribution < 1.29 is 4.42 Å². The molecule has 0 spiro atoms. The number of hydrogen-bond donors (Lipinski definition) is 0. The fraction of sp³-hybridized carbons (Fsp3) is 0. The highest BCUT2D eigenvalue weighted by Gasteiger charge is 2.20. The highest BCUT2D eigenvalue weighted by atomic mass is 32.1. The summed E-state index contributed by atoms with van der Waals surface area (Å²) in [4.78, 5) is 7.29. The molecule has 0 amide bonds. The molecule has 0 radical (unpaired) electrons. The van der Waals surface area contributed by atoms with Crippen molar-refractivity contribution in [3.05, 3.63) is 176 Å². The third-order valence-corrected chi connectivity index (χ3v) is 11.3. The number of aromatic nitrogens is 2. The van der Waals surface area contributed by atoms with Crippen LogP contribution in [-0.4, -0.2) is 9.55 Å². The van der Waals surface area contributed by atoms with Crippen LogP contribution in [0.4, 0.5) is 17.1 Å². The summed E-state index contributed by atoms with van der Waals surface area (Å²) in [5.41, 5.74) is 9.28. The van der Waals surface area contributed by atoms with E-state index in [0.29, 0.717) is 5.89 Å². The molecule has 0 aliphatic carbocycles. The molecule has 3 aromatic heterocycles. The van der Waals surface area contributed by atoms with Crippen LogP contribution < -0.4 is 4.90 Å². The molecule has 0 N–H and O–H groups in total. The molecule has 3 heterocycles. The van der Waals surface area contributed by atoms with Crippen molar-refractivity contribution in [3.63, 3.8) is 0 Å². The Morgan fingerprint density at radius 3 is 2.02 bits per heavy atom. The summed E-state index contributed by atoms with van der Waals surface area (Å²) in [6.07, 6.45) is 0. The number of benzene rings is 8. The van der Waals surface area contributed by atoms with E-state index in [1.807, 2.05) is 47.7 Å². The lowest BCUT2D eigenvalue weighted by Gasteiger charge is -2.26. The van der Waals surface area contributed by atoms with E-state index < -0.39 is 0 Å². The highest BCUT2D eigenvalue weighted by molar-refractivity contribution is 7.25. The van der Waals surface area contributed by atoms with Crippen molar-refractivity contribution in [1.82, 2.24) is 9.55 Å². The SMILES string of the molecule is c1ccc(-c2nc3cc(N(c4ccc5c(ccc6c7ccccc7n(-c7ccccc7)c56)c4)c4ccc5c(c4)sc4ccccc45)ccc3o2)cc1. The van der Waals surface area contributed by atoms with E-state index in [0.717, 1.165) is 39.4 Å². The van der Waals surface area contributed by atoms with Crippen molar-refractivity contribution in [2.24, 2.45) is 0 Å². The quantitative estimate of drug-likeness (QED) is 0.181. The Morgan fingerprint density at radius 2 is 1.15 bits per heavy atom. The molecule has 4 nitrogen and oxygen atoms in total. The Kier molecular flexibility index (Phi) is 6.39. The molecule has 8 aromatic carbocycles. The first kappa shape index (κ1) is 29.1. The Labute approximate surface area is 303 Å². The third-order valence-electron chi connectivity index (χ3n) is 10.2. The molecular formula is C47H29N3OS. The Balaban J connectivity index is 1.13. The van der Waals surface area contributed by atoms with Gasteiger partial charge in [0.05, 0.1) is 11.0 Å². The van der Waals surface area contributed by atoms with Gasteiger partial charge in [-0.3, -0.25) is 0 Å². The van der Waals surface area contributed by atoms with E-state index in [9.17, 15) is 0 Å². The number of hydrogen-bond acceptors (Lipinski definition) is 4. The summed E-state index contributed by atoms with van der Waals surface area (Å²) >= 11 is 1.84. The Morgan fingerprint density at radius 1 is 0.500 bits per heavy atom. The van der Waals surface area contributed by atoms with Gasteiger partial charge in [-0.05, 0) is 84.2 Å². The molecule has 11 aromatic rings. The van der Waals surface area contributed by atoms with Gasteiger partial charge in [-0.2, -0.15) is 0 Å². The first-order valence-electron chi connectivity index (χ1n) is 17.5. The lowest BCUT2D eigenvalue weighted by molar-refractivity contribution is 0.620. The van der Waals surface area contributed by atoms with Crippen LogP contribution in [0.1, 0.15) is 0 Å². The summed E-state index contributed by atoms with van der Waals surface area (Å²) in [5, 5.41) is 7.45. The fourth-order valence-corrected chi connectivity index (χ4v) is 8.96. The second-order valence-corrected chi connectivity index (χ2v) is 14.3. The van der Waals surface area contributed by atoms with Gasteiger partial charge in [0.2, 0.25) is 5.89 Å². The molecule has 0 atom stereocenters. The van der Waals surface area contributed by atoms with Crippen LogP contribution in [0.3, 0.4) is 0 Å². The van der Waals surface area contributed by atoms with Gasteiger partial charge in [-0.1, -0.05) is 97.1 Å². The van der Waals surface area contributed by atoms with Crippen LogP contribution in [0.5, 0.6) is 0 Å². The van der Waals surface area contributed by atoms with Crippen molar-refractivity contribution >= 4 is 92.2 Å². The smallest absolute Gasteiger partial charge is 0.227 e. The zero-order chi connectivity index (χ0) is 34.2. The Bertz CT molecular complexity index is 3140. The lowest BCUT2D eigenvalue weighted by atomic mass is 10.0. The summed E-state index contributed by atoms with van der Waals surface area (Å²) in [5.74, 6) is 0.620. The van der Waals surface area contributed by atoms with Gasteiger partial charge < -0.3 is 13.9 Å². The Hall–Kier alpha value is -6.69. The zero-order valence-electron chi connectivity index (χ0n) is 27.9. The predicted octanol–water partition coefficient (Wildman–Crippen LogP) is 13.6. The summed E-state index contributed by atoms with van der Waals surface area (Å²) in [6.45, 7) is 0. The number of nitrogens with zero attached hydrogens (tertiary/aromatic N) is 3. The van der Waals surface area contributed by atoms with Gasteiger partial charge in [0.15, 0.2) is 5.58 Å². The molecule has 0 saturated carbocycles. The molecule has 0 aliphatic rings. The largest absolute Gasteiger partial charge is 0.436 e. The topological polar surface area (TPSA) is 34.2 Å². The number of para-hydroxylation sites is 2. The maximum absolute atomic E-state index is 6.23. The van der Waals surface area contributed by atoms with Crippen LogP contribution in [0.25, 0.3) is 81.0 Å². The maximum atomic E-state index is 6.23. The lowest BCUT2D eigenvalue weighted by Crippen LogP contribution is -2.09. The van der Waals surface area contributed by atoms with E-state index in [1.165, 1.54) is 52.8 Å².